The van der Waals surface area contributed by atoms with Crippen molar-refractivity contribution >= 4 is 16.8 Å². The number of benzene rings is 1. The summed E-state index contributed by atoms with van der Waals surface area (Å²) in [4.78, 5) is 29.4. The molecule has 3 aromatic rings. The fourth-order valence-electron chi connectivity index (χ4n) is 6.52. The second kappa shape index (κ2) is 9.06. The Kier molecular flexibility index (Phi) is 5.77. The van der Waals surface area contributed by atoms with Gasteiger partial charge < -0.3 is 14.0 Å². The van der Waals surface area contributed by atoms with E-state index in [0.29, 0.717) is 24.2 Å². The number of aryl methyl sites for hydroxylation is 1. The van der Waals surface area contributed by atoms with Crippen molar-refractivity contribution in [3.05, 3.63) is 70.3 Å². The molecule has 6 nitrogen and oxygen atoms in total. The van der Waals surface area contributed by atoms with Crippen LogP contribution in [0.25, 0.3) is 10.9 Å². The summed E-state index contributed by atoms with van der Waals surface area (Å²) in [5.74, 6) is 1.28. The normalized spacial score (nSPS) is 22.3. The minimum atomic E-state index is 0.143. The molecule has 2 saturated heterocycles. The van der Waals surface area contributed by atoms with Crippen LogP contribution in [0.1, 0.15) is 49.3 Å². The summed E-state index contributed by atoms with van der Waals surface area (Å²) in [6.07, 6.45) is 8.29. The molecular formula is C28H34N4O2. The second-order valence-electron chi connectivity index (χ2n) is 10.5. The van der Waals surface area contributed by atoms with Gasteiger partial charge in [0.25, 0.3) is 5.56 Å². The first-order valence-corrected chi connectivity index (χ1v) is 12.9. The molecule has 6 rings (SSSR count). The molecule has 178 valence electrons. The van der Waals surface area contributed by atoms with Crippen LogP contribution >= 0.6 is 0 Å². The van der Waals surface area contributed by atoms with E-state index in [0.717, 1.165) is 65.1 Å². The Bertz CT molecular complexity index is 1250. The summed E-state index contributed by atoms with van der Waals surface area (Å²) in [6.45, 7) is 5.61. The van der Waals surface area contributed by atoms with Gasteiger partial charge in [-0.3, -0.25) is 14.5 Å². The lowest BCUT2D eigenvalue weighted by Crippen LogP contribution is -2.47. The average molecular weight is 459 g/mol. The van der Waals surface area contributed by atoms with Gasteiger partial charge in [0, 0.05) is 73.9 Å². The molecule has 0 spiro atoms. The number of aromatic nitrogens is 2. The molecule has 5 heterocycles. The SMILES string of the molecule is O=C(CCCc1cn(CN2C[C@H]3C[C@@H](C2)c2cccc(=O)n2C3)c2ccccc12)N1CCCC1. The van der Waals surface area contributed by atoms with Crippen molar-refractivity contribution in [2.45, 2.75) is 57.7 Å². The van der Waals surface area contributed by atoms with E-state index in [1.54, 1.807) is 6.07 Å². The zero-order chi connectivity index (χ0) is 23.1. The molecule has 6 heteroatoms. The quantitative estimate of drug-likeness (QED) is 0.564. The summed E-state index contributed by atoms with van der Waals surface area (Å²) < 4.78 is 4.40. The molecule has 2 atom stereocenters. The van der Waals surface area contributed by atoms with Crippen LogP contribution in [-0.2, 0) is 24.4 Å². The van der Waals surface area contributed by atoms with Crippen molar-refractivity contribution < 1.29 is 4.79 Å². The van der Waals surface area contributed by atoms with Crippen LogP contribution < -0.4 is 5.56 Å². The molecule has 2 fully saturated rings. The van der Waals surface area contributed by atoms with Gasteiger partial charge in [-0.2, -0.15) is 0 Å². The molecule has 0 N–H and O–H groups in total. The Labute approximate surface area is 200 Å². The van der Waals surface area contributed by atoms with Crippen LogP contribution in [0, 0.1) is 5.92 Å². The number of carbonyl (C=O) groups excluding carboxylic acids is 1. The van der Waals surface area contributed by atoms with Gasteiger partial charge in [-0.15, -0.1) is 0 Å². The topological polar surface area (TPSA) is 50.5 Å². The number of amides is 1. The largest absolute Gasteiger partial charge is 0.343 e. The number of para-hydroxylation sites is 1. The summed E-state index contributed by atoms with van der Waals surface area (Å²) in [5.41, 5.74) is 3.97. The van der Waals surface area contributed by atoms with Gasteiger partial charge in [-0.25, -0.2) is 0 Å². The second-order valence-corrected chi connectivity index (χ2v) is 10.5. The summed E-state index contributed by atoms with van der Waals surface area (Å²) in [6, 6.07) is 14.4. The van der Waals surface area contributed by atoms with Gasteiger partial charge in [0.15, 0.2) is 0 Å². The van der Waals surface area contributed by atoms with Crippen molar-refractivity contribution in [1.82, 2.24) is 18.9 Å². The molecule has 1 aromatic carbocycles. The maximum atomic E-state index is 12.5. The molecule has 2 bridgehead atoms. The van der Waals surface area contributed by atoms with Gasteiger partial charge in [-0.05, 0) is 55.7 Å². The van der Waals surface area contributed by atoms with E-state index < -0.39 is 0 Å². The zero-order valence-electron chi connectivity index (χ0n) is 19.9. The van der Waals surface area contributed by atoms with Crippen LogP contribution in [0.4, 0.5) is 0 Å². The third-order valence-electron chi connectivity index (χ3n) is 8.07. The highest BCUT2D eigenvalue weighted by Crippen LogP contribution is 2.35. The Morgan fingerprint density at radius 2 is 1.82 bits per heavy atom. The highest BCUT2D eigenvalue weighted by molar-refractivity contribution is 5.84. The molecule has 3 aliphatic heterocycles. The molecule has 3 aliphatic rings. The van der Waals surface area contributed by atoms with Crippen LogP contribution in [0.2, 0.25) is 0 Å². The standard InChI is InChI=1S/C28H34N4O2/c33-27(30-13-3-4-14-30)11-5-7-22-19-31(26-9-2-1-8-24(22)26)20-29-16-21-15-23(18-29)25-10-6-12-28(34)32(25)17-21/h1-2,6,8-10,12,19,21,23H,3-5,7,11,13-18,20H2/t21-,23+/m1/s1. The maximum absolute atomic E-state index is 12.5. The van der Waals surface area contributed by atoms with Crippen molar-refractivity contribution in [2.24, 2.45) is 5.92 Å². The van der Waals surface area contributed by atoms with Crippen LogP contribution in [-0.4, -0.2) is 51.0 Å². The third-order valence-corrected chi connectivity index (χ3v) is 8.07. The monoisotopic (exact) mass is 458 g/mol. The van der Waals surface area contributed by atoms with Crippen molar-refractivity contribution in [3.8, 4) is 0 Å². The Morgan fingerprint density at radius 1 is 0.971 bits per heavy atom. The van der Waals surface area contributed by atoms with Crippen molar-refractivity contribution in [2.75, 3.05) is 26.2 Å². The van der Waals surface area contributed by atoms with Gasteiger partial charge in [-0.1, -0.05) is 24.3 Å². The predicted molar refractivity (Wildman–Crippen MR) is 134 cm³/mol. The lowest BCUT2D eigenvalue weighted by atomic mass is 9.83. The fourth-order valence-corrected chi connectivity index (χ4v) is 6.52. The van der Waals surface area contributed by atoms with E-state index in [9.17, 15) is 9.59 Å². The number of piperidine rings is 1. The smallest absolute Gasteiger partial charge is 0.250 e. The van der Waals surface area contributed by atoms with Crippen molar-refractivity contribution in [3.63, 3.8) is 0 Å². The molecule has 0 aliphatic carbocycles. The summed E-state index contributed by atoms with van der Waals surface area (Å²) in [7, 11) is 0. The average Bonchev–Trinajstić information content (AvgIpc) is 3.49. The number of hydrogen-bond donors (Lipinski definition) is 0. The first kappa shape index (κ1) is 21.7. The number of hydrogen-bond acceptors (Lipinski definition) is 3. The van der Waals surface area contributed by atoms with Crippen LogP contribution in [0.15, 0.2) is 53.5 Å². The molecule has 34 heavy (non-hydrogen) atoms. The number of carbonyl (C=O) groups is 1. The molecule has 2 aromatic heterocycles. The van der Waals surface area contributed by atoms with Gasteiger partial charge in [0.05, 0.1) is 6.67 Å². The Hall–Kier alpha value is -2.86. The molecule has 0 radical (unpaired) electrons. The molecule has 1 amide bonds. The summed E-state index contributed by atoms with van der Waals surface area (Å²) in [5, 5.41) is 1.31. The number of fused-ring (bicyclic) bond motifs is 5. The Morgan fingerprint density at radius 3 is 2.71 bits per heavy atom. The van der Waals surface area contributed by atoms with E-state index in [4.69, 9.17) is 0 Å². The first-order chi connectivity index (χ1) is 16.7. The zero-order valence-corrected chi connectivity index (χ0v) is 19.9. The lowest BCUT2D eigenvalue weighted by molar-refractivity contribution is -0.130. The van der Waals surface area contributed by atoms with E-state index >= 15 is 0 Å². The van der Waals surface area contributed by atoms with Gasteiger partial charge in [0.2, 0.25) is 5.91 Å². The first-order valence-electron chi connectivity index (χ1n) is 12.9. The van der Waals surface area contributed by atoms with E-state index in [2.05, 4.69) is 46.0 Å². The lowest BCUT2D eigenvalue weighted by Gasteiger charge is -2.42. The third kappa shape index (κ3) is 4.09. The minimum Gasteiger partial charge on any atom is -0.343 e. The minimum absolute atomic E-state index is 0.143. The summed E-state index contributed by atoms with van der Waals surface area (Å²) >= 11 is 0. The highest BCUT2D eigenvalue weighted by Gasteiger charge is 2.34. The highest BCUT2D eigenvalue weighted by atomic mass is 16.2. The van der Waals surface area contributed by atoms with E-state index in [1.807, 2.05) is 15.5 Å². The Balaban J connectivity index is 1.17. The molecular weight excluding hydrogens is 424 g/mol. The number of likely N-dealkylation sites (tertiary alicyclic amines) is 2. The number of rotatable bonds is 6. The maximum Gasteiger partial charge on any atom is 0.250 e. The number of nitrogens with zero attached hydrogens (tertiary/aromatic N) is 4. The van der Waals surface area contributed by atoms with Crippen LogP contribution in [0.3, 0.4) is 0 Å². The van der Waals surface area contributed by atoms with E-state index in [1.165, 1.54) is 28.6 Å². The van der Waals surface area contributed by atoms with E-state index in [-0.39, 0.29) is 5.56 Å². The predicted octanol–water partition coefficient (Wildman–Crippen LogP) is 3.82. The van der Waals surface area contributed by atoms with Crippen molar-refractivity contribution in [1.29, 1.82) is 0 Å². The molecule has 0 saturated carbocycles. The number of pyridine rings is 1. The van der Waals surface area contributed by atoms with Crippen LogP contribution in [0.5, 0.6) is 0 Å². The van der Waals surface area contributed by atoms with Gasteiger partial charge in [0.1, 0.15) is 0 Å². The fraction of sp³-hybridized carbons (Fsp3) is 0.500. The molecule has 0 unspecified atom stereocenters. The van der Waals surface area contributed by atoms with Gasteiger partial charge >= 0.3 is 0 Å².